The third-order valence-corrected chi connectivity index (χ3v) is 5.25. The van der Waals surface area contributed by atoms with Crippen LogP contribution in [-0.4, -0.2) is 87.3 Å². The molecule has 216 valence electrons. The molecule has 0 fully saturated rings. The maximum absolute atomic E-state index is 13.2. The first-order chi connectivity index (χ1) is 18.3. The highest BCUT2D eigenvalue weighted by Crippen LogP contribution is 2.05. The number of nitrogens with one attached hydrogen (secondary N) is 4. The lowest BCUT2D eigenvalue weighted by molar-refractivity contribution is -0.144. The number of primary amides is 2. The Hall–Kier alpha value is -4.74. The number of H-pyrrole nitrogens is 1. The van der Waals surface area contributed by atoms with Gasteiger partial charge in [-0.3, -0.25) is 29.0 Å². The summed E-state index contributed by atoms with van der Waals surface area (Å²) in [5.74, 6) is -5.97. The number of rotatable bonds is 18. The summed E-state index contributed by atoms with van der Waals surface area (Å²) in [6.07, 6.45) is 1.92. The molecule has 0 saturated carbocycles. The van der Waals surface area contributed by atoms with Gasteiger partial charge in [-0.2, -0.15) is 0 Å². The predicted molar refractivity (Wildman–Crippen MR) is 136 cm³/mol. The molecule has 1 aromatic rings. The molecule has 1 rings (SSSR count). The molecule has 0 radical (unpaired) electrons. The molecule has 4 atom stereocenters. The van der Waals surface area contributed by atoms with Crippen LogP contribution in [0, 0.1) is 0 Å². The number of carboxylic acids is 1. The van der Waals surface area contributed by atoms with Gasteiger partial charge in [-0.25, -0.2) is 9.78 Å². The van der Waals surface area contributed by atoms with E-state index in [1.807, 2.05) is 0 Å². The summed E-state index contributed by atoms with van der Waals surface area (Å²) in [7, 11) is 0. The third-order valence-electron chi connectivity index (χ3n) is 5.25. The number of aliphatic imine (C=N–C) groups is 1. The Labute approximate surface area is 222 Å². The van der Waals surface area contributed by atoms with Gasteiger partial charge in [-0.05, 0) is 19.3 Å². The summed E-state index contributed by atoms with van der Waals surface area (Å²) in [5.41, 5.74) is 27.1. The van der Waals surface area contributed by atoms with Crippen molar-refractivity contribution < 1.29 is 33.9 Å². The molecule has 0 aliphatic rings. The molecule has 0 saturated heterocycles. The molecule has 4 unspecified atom stereocenters. The Balaban J connectivity index is 3.04. The van der Waals surface area contributed by atoms with E-state index in [1.54, 1.807) is 0 Å². The highest BCUT2D eigenvalue weighted by molar-refractivity contribution is 5.95. The van der Waals surface area contributed by atoms with Crippen molar-refractivity contribution in [1.82, 2.24) is 25.9 Å². The molecule has 39 heavy (non-hydrogen) atoms. The lowest BCUT2D eigenvalue weighted by Gasteiger charge is -2.25. The molecule has 1 heterocycles. The van der Waals surface area contributed by atoms with Crippen LogP contribution in [0.3, 0.4) is 0 Å². The van der Waals surface area contributed by atoms with Crippen molar-refractivity contribution in [3.8, 4) is 0 Å². The molecule has 18 heteroatoms. The van der Waals surface area contributed by atoms with Gasteiger partial charge in [0.2, 0.25) is 29.5 Å². The fourth-order valence-corrected chi connectivity index (χ4v) is 3.26. The molecule has 0 aromatic carbocycles. The highest BCUT2D eigenvalue weighted by Gasteiger charge is 2.31. The van der Waals surface area contributed by atoms with Gasteiger partial charge in [-0.1, -0.05) is 0 Å². The van der Waals surface area contributed by atoms with E-state index >= 15 is 0 Å². The second kappa shape index (κ2) is 16.2. The monoisotopic (exact) mass is 553 g/mol. The number of nitrogens with two attached hydrogens (primary N) is 5. The Morgan fingerprint density at radius 2 is 1.51 bits per heavy atom. The molecule has 15 N–H and O–H groups in total. The molecule has 0 aliphatic carbocycles. The van der Waals surface area contributed by atoms with Crippen LogP contribution < -0.4 is 44.6 Å². The van der Waals surface area contributed by atoms with Gasteiger partial charge >= 0.3 is 5.97 Å². The van der Waals surface area contributed by atoms with Crippen LogP contribution in [0.25, 0.3) is 0 Å². The number of carbonyl (C=O) groups excluding carboxylic acids is 5. The minimum atomic E-state index is -1.68. The van der Waals surface area contributed by atoms with E-state index in [-0.39, 0.29) is 38.2 Å². The van der Waals surface area contributed by atoms with Gasteiger partial charge < -0.3 is 54.7 Å². The normalized spacial score (nSPS) is 13.7. The first-order valence-corrected chi connectivity index (χ1v) is 11.8. The molecule has 0 spiro atoms. The molecular weight excluding hydrogens is 518 g/mol. The van der Waals surface area contributed by atoms with Crippen molar-refractivity contribution in [2.24, 2.45) is 33.7 Å². The van der Waals surface area contributed by atoms with E-state index in [0.717, 1.165) is 0 Å². The first kappa shape index (κ1) is 32.3. The molecular formula is C21H35N11O7. The van der Waals surface area contributed by atoms with E-state index in [9.17, 15) is 33.9 Å². The molecule has 1 aromatic heterocycles. The van der Waals surface area contributed by atoms with Gasteiger partial charge in [0.1, 0.15) is 18.1 Å². The van der Waals surface area contributed by atoms with Crippen molar-refractivity contribution in [3.63, 3.8) is 0 Å². The summed E-state index contributed by atoms with van der Waals surface area (Å²) in [4.78, 5) is 83.0. The van der Waals surface area contributed by atoms with Gasteiger partial charge in [0.15, 0.2) is 5.96 Å². The van der Waals surface area contributed by atoms with Crippen molar-refractivity contribution in [2.45, 2.75) is 62.7 Å². The predicted octanol–water partition coefficient (Wildman–Crippen LogP) is -4.99. The summed E-state index contributed by atoms with van der Waals surface area (Å²) in [5, 5.41) is 16.3. The Morgan fingerprint density at radius 1 is 0.897 bits per heavy atom. The van der Waals surface area contributed by atoms with Crippen molar-refractivity contribution >= 4 is 41.5 Å². The SMILES string of the molecule is NC(=O)CCC(NC(=O)C(Cc1cnc[nH]1)NC(=O)C(N)CCCN=C(N)N)C(=O)NC(CC(N)=O)C(=O)O. The van der Waals surface area contributed by atoms with E-state index in [1.165, 1.54) is 12.5 Å². The number of guanidine groups is 1. The van der Waals surface area contributed by atoms with E-state index < -0.39 is 66.1 Å². The minimum absolute atomic E-state index is 0.0815. The van der Waals surface area contributed by atoms with Gasteiger partial charge in [0.05, 0.1) is 18.8 Å². The van der Waals surface area contributed by atoms with Crippen LogP contribution in [0.2, 0.25) is 0 Å². The average molecular weight is 554 g/mol. The zero-order valence-electron chi connectivity index (χ0n) is 21.1. The standard InChI is InChI=1S/C21H35N11O7/c22-11(2-1-5-28-21(25)26)17(35)31-13(6-10-8-27-9-29-10)19(37)30-12(3-4-15(23)33)18(36)32-14(20(38)39)7-16(24)34/h8-9,11-14H,1-7,22H2,(H2,23,33)(H2,24,34)(H,27,29)(H,30,37)(H,31,35)(H,32,36)(H,38,39)(H4,25,26,28). The van der Waals surface area contributed by atoms with Crippen LogP contribution in [0.4, 0.5) is 0 Å². The Morgan fingerprint density at radius 3 is 2.05 bits per heavy atom. The average Bonchev–Trinajstić information content (AvgIpc) is 3.35. The van der Waals surface area contributed by atoms with Gasteiger partial charge in [0.25, 0.3) is 0 Å². The molecule has 18 nitrogen and oxygen atoms in total. The van der Waals surface area contributed by atoms with Gasteiger partial charge in [0, 0.05) is 31.3 Å². The number of nitrogens with zero attached hydrogens (tertiary/aromatic N) is 2. The summed E-state index contributed by atoms with van der Waals surface area (Å²) in [6, 6.07) is -5.41. The highest BCUT2D eigenvalue weighted by atomic mass is 16.4. The molecule has 0 bridgehead atoms. The zero-order chi connectivity index (χ0) is 29.5. The van der Waals surface area contributed by atoms with Crippen molar-refractivity contribution in [2.75, 3.05) is 6.54 Å². The number of hydrogen-bond donors (Lipinski definition) is 10. The maximum atomic E-state index is 13.2. The third kappa shape index (κ3) is 12.9. The number of imidazole rings is 1. The number of hydrogen-bond acceptors (Lipinski definition) is 9. The summed E-state index contributed by atoms with van der Waals surface area (Å²) in [6.45, 7) is 0.241. The smallest absolute Gasteiger partial charge is 0.326 e. The quantitative estimate of drug-likeness (QED) is 0.0466. The largest absolute Gasteiger partial charge is 0.480 e. The van der Waals surface area contributed by atoms with Crippen LogP contribution in [0.1, 0.15) is 37.8 Å². The molecule has 5 amide bonds. The van der Waals surface area contributed by atoms with E-state index in [2.05, 4.69) is 30.9 Å². The van der Waals surface area contributed by atoms with Crippen LogP contribution in [-0.2, 0) is 35.2 Å². The summed E-state index contributed by atoms with van der Waals surface area (Å²) >= 11 is 0. The maximum Gasteiger partial charge on any atom is 0.326 e. The van der Waals surface area contributed by atoms with Crippen molar-refractivity contribution in [3.05, 3.63) is 18.2 Å². The number of amides is 5. The number of aromatic amines is 1. The first-order valence-electron chi connectivity index (χ1n) is 11.8. The fraction of sp³-hybridized carbons (Fsp3) is 0.524. The van der Waals surface area contributed by atoms with Gasteiger partial charge in [-0.15, -0.1) is 0 Å². The Kier molecular flexibility index (Phi) is 13.4. The Bertz CT molecular complexity index is 1040. The van der Waals surface area contributed by atoms with Crippen molar-refractivity contribution in [1.29, 1.82) is 0 Å². The zero-order valence-corrected chi connectivity index (χ0v) is 21.1. The number of carbonyl (C=O) groups is 6. The number of aliphatic carboxylic acids is 1. The number of aromatic nitrogens is 2. The van der Waals surface area contributed by atoms with Crippen LogP contribution >= 0.6 is 0 Å². The lowest BCUT2D eigenvalue weighted by atomic mass is 10.1. The number of carboxylic acid groups (broad SMARTS) is 1. The van der Waals surface area contributed by atoms with Crippen LogP contribution in [0.15, 0.2) is 17.5 Å². The summed E-state index contributed by atoms with van der Waals surface area (Å²) < 4.78 is 0. The topological polar surface area (TPSA) is 330 Å². The second-order valence-corrected chi connectivity index (χ2v) is 8.53. The van der Waals surface area contributed by atoms with E-state index in [0.29, 0.717) is 12.1 Å². The minimum Gasteiger partial charge on any atom is -0.480 e. The fourth-order valence-electron chi connectivity index (χ4n) is 3.26. The van der Waals surface area contributed by atoms with Crippen LogP contribution in [0.5, 0.6) is 0 Å². The lowest BCUT2D eigenvalue weighted by Crippen LogP contribution is -2.58. The molecule has 0 aliphatic heterocycles. The van der Waals surface area contributed by atoms with E-state index in [4.69, 9.17) is 28.7 Å². The second-order valence-electron chi connectivity index (χ2n) is 8.53.